The number of carbonyl (C=O) groups is 1. The van der Waals surface area contributed by atoms with Crippen LogP contribution in [0.2, 0.25) is 0 Å². The second-order valence-corrected chi connectivity index (χ2v) is 6.66. The number of aromatic amines is 1. The van der Waals surface area contributed by atoms with Gasteiger partial charge in [-0.1, -0.05) is 0 Å². The number of benzene rings is 2. The number of methoxy groups -OCH3 is 2. The SMILES string of the molecule is COc1cc(OC)c2c(-c3ccc(OC(=O)C(F)(F)F)cc3)nc3[nH]nc(C)c3c2c1. The molecule has 2 aromatic heterocycles. The highest BCUT2D eigenvalue weighted by Gasteiger charge is 2.41. The van der Waals surface area contributed by atoms with Crippen LogP contribution in [0.4, 0.5) is 13.2 Å². The minimum Gasteiger partial charge on any atom is -0.497 e. The number of nitrogens with zero attached hydrogens (tertiary/aromatic N) is 2. The fourth-order valence-corrected chi connectivity index (χ4v) is 3.36. The van der Waals surface area contributed by atoms with E-state index in [0.29, 0.717) is 33.8 Å². The molecule has 0 saturated heterocycles. The summed E-state index contributed by atoms with van der Waals surface area (Å²) >= 11 is 0. The first-order valence-corrected chi connectivity index (χ1v) is 9.02. The Labute approximate surface area is 173 Å². The number of hydrogen-bond donors (Lipinski definition) is 1. The maximum Gasteiger partial charge on any atom is 0.491 e. The minimum absolute atomic E-state index is 0.234. The van der Waals surface area contributed by atoms with E-state index in [0.717, 1.165) is 16.5 Å². The number of hydrogen-bond acceptors (Lipinski definition) is 6. The van der Waals surface area contributed by atoms with Crippen LogP contribution in [-0.4, -0.2) is 41.5 Å². The average molecular weight is 431 g/mol. The second-order valence-electron chi connectivity index (χ2n) is 6.66. The molecule has 0 aliphatic heterocycles. The Morgan fingerprint density at radius 2 is 1.71 bits per heavy atom. The third kappa shape index (κ3) is 3.60. The van der Waals surface area contributed by atoms with Crippen LogP contribution in [0, 0.1) is 6.92 Å². The van der Waals surface area contributed by atoms with Crippen LogP contribution in [0.15, 0.2) is 36.4 Å². The maximum atomic E-state index is 12.4. The van der Waals surface area contributed by atoms with Crippen molar-refractivity contribution >= 4 is 27.8 Å². The van der Waals surface area contributed by atoms with Gasteiger partial charge in [-0.05, 0) is 37.3 Å². The summed E-state index contributed by atoms with van der Waals surface area (Å²) in [5.41, 5.74) is 2.36. The number of alkyl halides is 3. The van der Waals surface area contributed by atoms with Crippen molar-refractivity contribution in [1.82, 2.24) is 15.2 Å². The molecular weight excluding hydrogens is 415 g/mol. The molecule has 0 spiro atoms. The highest BCUT2D eigenvalue weighted by molar-refractivity contribution is 6.13. The number of esters is 1. The van der Waals surface area contributed by atoms with Crippen LogP contribution in [0.1, 0.15) is 5.69 Å². The third-order valence-corrected chi connectivity index (χ3v) is 4.76. The molecule has 0 fully saturated rings. The number of halogens is 3. The number of carbonyl (C=O) groups excluding carboxylic acids is 1. The van der Waals surface area contributed by atoms with E-state index in [1.165, 1.54) is 31.4 Å². The summed E-state index contributed by atoms with van der Waals surface area (Å²) in [4.78, 5) is 15.7. The second kappa shape index (κ2) is 7.46. The van der Waals surface area contributed by atoms with Gasteiger partial charge in [0.05, 0.1) is 31.0 Å². The van der Waals surface area contributed by atoms with Gasteiger partial charge in [0.1, 0.15) is 17.2 Å². The summed E-state index contributed by atoms with van der Waals surface area (Å²) < 4.78 is 52.6. The zero-order chi connectivity index (χ0) is 22.3. The van der Waals surface area contributed by atoms with E-state index in [9.17, 15) is 18.0 Å². The molecule has 4 aromatic rings. The Hall–Kier alpha value is -3.82. The molecule has 0 bridgehead atoms. The number of nitrogens with one attached hydrogen (secondary N) is 1. The lowest BCUT2D eigenvalue weighted by atomic mass is 9.99. The Bertz CT molecular complexity index is 1300. The largest absolute Gasteiger partial charge is 0.497 e. The molecule has 2 heterocycles. The number of rotatable bonds is 4. The van der Waals surface area contributed by atoms with Crippen LogP contribution in [-0.2, 0) is 4.79 Å². The Morgan fingerprint density at radius 1 is 1.00 bits per heavy atom. The summed E-state index contributed by atoms with van der Waals surface area (Å²) in [6, 6.07) is 9.12. The fourth-order valence-electron chi connectivity index (χ4n) is 3.36. The molecule has 31 heavy (non-hydrogen) atoms. The van der Waals surface area contributed by atoms with Crippen molar-refractivity contribution in [3.63, 3.8) is 0 Å². The highest BCUT2D eigenvalue weighted by Crippen LogP contribution is 2.41. The Kier molecular flexibility index (Phi) is 4.92. The smallest absolute Gasteiger partial charge is 0.491 e. The molecule has 0 radical (unpaired) electrons. The van der Waals surface area contributed by atoms with E-state index >= 15 is 0 Å². The maximum absolute atomic E-state index is 12.4. The summed E-state index contributed by atoms with van der Waals surface area (Å²) in [6.45, 7) is 1.84. The quantitative estimate of drug-likeness (QED) is 0.376. The van der Waals surface area contributed by atoms with Gasteiger partial charge in [-0.25, -0.2) is 9.78 Å². The number of ether oxygens (including phenoxy) is 3. The molecule has 1 N–H and O–H groups in total. The predicted molar refractivity (Wildman–Crippen MR) is 106 cm³/mol. The van der Waals surface area contributed by atoms with Gasteiger partial charge in [-0.3, -0.25) is 5.10 Å². The van der Waals surface area contributed by atoms with Gasteiger partial charge in [-0.15, -0.1) is 0 Å². The zero-order valence-corrected chi connectivity index (χ0v) is 16.6. The predicted octanol–water partition coefficient (Wildman–Crippen LogP) is 4.57. The van der Waals surface area contributed by atoms with E-state index in [4.69, 9.17) is 9.47 Å². The molecule has 10 heteroatoms. The van der Waals surface area contributed by atoms with E-state index in [1.807, 2.05) is 13.0 Å². The summed E-state index contributed by atoms with van der Waals surface area (Å²) in [7, 11) is 3.06. The van der Waals surface area contributed by atoms with Gasteiger partial charge >= 0.3 is 12.1 Å². The van der Waals surface area contributed by atoms with Crippen molar-refractivity contribution in [2.24, 2.45) is 0 Å². The van der Waals surface area contributed by atoms with Gasteiger partial charge in [-0.2, -0.15) is 18.3 Å². The Morgan fingerprint density at radius 3 is 2.32 bits per heavy atom. The first-order valence-electron chi connectivity index (χ1n) is 9.02. The molecule has 2 aromatic carbocycles. The standard InChI is InChI=1S/C21H16F3N3O4/c1-10-16-14-8-13(29-2)9-15(30-3)17(14)18(25-19(16)27-26-10)11-4-6-12(7-5-11)31-20(28)21(22,23)24/h4-9H,1-3H3,(H,25,26,27). The Balaban J connectivity index is 1.90. The molecule has 160 valence electrons. The summed E-state index contributed by atoms with van der Waals surface area (Å²) in [5.74, 6) is -1.43. The number of H-pyrrole nitrogens is 1. The lowest BCUT2D eigenvalue weighted by Gasteiger charge is -2.14. The average Bonchev–Trinajstić information content (AvgIpc) is 3.13. The molecule has 0 unspecified atom stereocenters. The van der Waals surface area contributed by atoms with Gasteiger partial charge in [0.2, 0.25) is 0 Å². The first-order chi connectivity index (χ1) is 14.7. The van der Waals surface area contributed by atoms with E-state index in [2.05, 4.69) is 19.9 Å². The topological polar surface area (TPSA) is 86.3 Å². The number of aromatic nitrogens is 3. The molecule has 0 atom stereocenters. The van der Waals surface area contributed by atoms with Crippen molar-refractivity contribution in [1.29, 1.82) is 0 Å². The monoisotopic (exact) mass is 431 g/mol. The zero-order valence-electron chi connectivity index (χ0n) is 16.6. The van der Waals surface area contributed by atoms with E-state index < -0.39 is 12.1 Å². The van der Waals surface area contributed by atoms with Crippen molar-refractivity contribution in [2.75, 3.05) is 14.2 Å². The normalized spacial score (nSPS) is 11.7. The van der Waals surface area contributed by atoms with Crippen molar-refractivity contribution in [3.05, 3.63) is 42.1 Å². The van der Waals surface area contributed by atoms with Gasteiger partial charge < -0.3 is 14.2 Å². The molecule has 0 saturated carbocycles. The van der Waals surface area contributed by atoms with Crippen LogP contribution >= 0.6 is 0 Å². The van der Waals surface area contributed by atoms with Crippen LogP contribution in [0.3, 0.4) is 0 Å². The number of fused-ring (bicyclic) bond motifs is 3. The van der Waals surface area contributed by atoms with Crippen LogP contribution in [0.25, 0.3) is 33.1 Å². The van der Waals surface area contributed by atoms with E-state index in [1.54, 1.807) is 13.2 Å². The van der Waals surface area contributed by atoms with Crippen LogP contribution in [0.5, 0.6) is 17.2 Å². The van der Waals surface area contributed by atoms with Gasteiger partial charge in [0, 0.05) is 22.4 Å². The first kappa shape index (κ1) is 20.5. The van der Waals surface area contributed by atoms with Crippen molar-refractivity contribution in [2.45, 2.75) is 13.1 Å². The van der Waals surface area contributed by atoms with Crippen molar-refractivity contribution in [3.8, 4) is 28.5 Å². The van der Waals surface area contributed by atoms with Gasteiger partial charge in [0.15, 0.2) is 5.65 Å². The molecular formula is C21H16F3N3O4. The minimum atomic E-state index is -5.08. The molecule has 4 rings (SSSR count). The van der Waals surface area contributed by atoms with E-state index in [-0.39, 0.29) is 5.75 Å². The van der Waals surface area contributed by atoms with Crippen molar-refractivity contribution < 1.29 is 32.2 Å². The number of pyridine rings is 1. The highest BCUT2D eigenvalue weighted by atomic mass is 19.4. The summed E-state index contributed by atoms with van der Waals surface area (Å²) in [6.07, 6.45) is -5.08. The number of aryl methyl sites for hydroxylation is 1. The lowest BCUT2D eigenvalue weighted by molar-refractivity contribution is -0.189. The third-order valence-electron chi connectivity index (χ3n) is 4.76. The lowest BCUT2D eigenvalue weighted by Crippen LogP contribution is -2.27. The fraction of sp³-hybridized carbons (Fsp3) is 0.190. The molecule has 0 aliphatic rings. The van der Waals surface area contributed by atoms with Crippen LogP contribution < -0.4 is 14.2 Å². The van der Waals surface area contributed by atoms with Gasteiger partial charge in [0.25, 0.3) is 0 Å². The molecule has 7 nitrogen and oxygen atoms in total. The summed E-state index contributed by atoms with van der Waals surface area (Å²) in [5, 5.41) is 9.38. The molecule has 0 amide bonds. The molecule has 0 aliphatic carbocycles.